The van der Waals surface area contributed by atoms with Gasteiger partial charge in [-0.2, -0.15) is 0 Å². The minimum absolute atomic E-state index is 0.322. The summed E-state index contributed by atoms with van der Waals surface area (Å²) in [6.07, 6.45) is 19.6. The standard InChI is InChI=1S/C23H43NO4/c1-24(2,3)20-22(26)21(23(27)28)18-16-14-12-10-8-6-4-5-7-9-11-13-15-17-19-25/h12,14,16,18,21-22,25-26H,4-11,13,15,17,19-20H2,1-3H3/p+1. The van der Waals surface area contributed by atoms with Crippen LogP contribution in [0.15, 0.2) is 24.3 Å². The molecule has 0 aromatic carbocycles. The molecule has 164 valence electrons. The number of unbranched alkanes of at least 4 members (excludes halogenated alkanes) is 10. The predicted molar refractivity (Wildman–Crippen MR) is 116 cm³/mol. The Bertz CT molecular complexity index is 440. The van der Waals surface area contributed by atoms with Gasteiger partial charge in [-0.3, -0.25) is 4.79 Å². The molecular weight excluding hydrogens is 354 g/mol. The van der Waals surface area contributed by atoms with Crippen molar-refractivity contribution in [3.8, 4) is 0 Å². The highest BCUT2D eigenvalue weighted by atomic mass is 16.4. The third kappa shape index (κ3) is 17.0. The van der Waals surface area contributed by atoms with Gasteiger partial charge in [0.2, 0.25) is 0 Å². The van der Waals surface area contributed by atoms with Crippen molar-refractivity contribution in [1.29, 1.82) is 0 Å². The molecule has 0 fully saturated rings. The summed E-state index contributed by atoms with van der Waals surface area (Å²) >= 11 is 0. The molecule has 0 rings (SSSR count). The van der Waals surface area contributed by atoms with E-state index < -0.39 is 18.0 Å². The Morgan fingerprint density at radius 2 is 1.36 bits per heavy atom. The summed E-state index contributed by atoms with van der Waals surface area (Å²) in [5, 5.41) is 28.2. The molecule has 0 spiro atoms. The van der Waals surface area contributed by atoms with Crippen LogP contribution in [0, 0.1) is 5.92 Å². The number of aliphatic hydroxyl groups excluding tert-OH is 2. The molecular formula is C23H44NO4+. The average molecular weight is 399 g/mol. The highest BCUT2D eigenvalue weighted by Gasteiger charge is 2.28. The van der Waals surface area contributed by atoms with Crippen molar-refractivity contribution in [2.75, 3.05) is 34.3 Å². The Balaban J connectivity index is 3.79. The first kappa shape index (κ1) is 26.8. The molecule has 3 N–H and O–H groups in total. The average Bonchev–Trinajstić information content (AvgIpc) is 2.59. The van der Waals surface area contributed by atoms with Gasteiger partial charge < -0.3 is 19.8 Å². The number of hydrogen-bond acceptors (Lipinski definition) is 3. The number of rotatable bonds is 18. The highest BCUT2D eigenvalue weighted by Crippen LogP contribution is 2.12. The number of aliphatic carboxylic acids is 1. The molecule has 0 radical (unpaired) electrons. The summed E-state index contributed by atoms with van der Waals surface area (Å²) in [4.78, 5) is 11.4. The van der Waals surface area contributed by atoms with Gasteiger partial charge in [0, 0.05) is 6.61 Å². The van der Waals surface area contributed by atoms with Gasteiger partial charge in [-0.25, -0.2) is 0 Å². The number of quaternary nitrogens is 1. The second-order valence-corrected chi connectivity index (χ2v) is 8.77. The smallest absolute Gasteiger partial charge is 0.313 e. The highest BCUT2D eigenvalue weighted by molar-refractivity contribution is 5.73. The number of carboxylic acids is 1. The Hall–Kier alpha value is -1.17. The second-order valence-electron chi connectivity index (χ2n) is 8.77. The van der Waals surface area contributed by atoms with Crippen molar-refractivity contribution < 1.29 is 24.6 Å². The van der Waals surface area contributed by atoms with Crippen molar-refractivity contribution in [1.82, 2.24) is 0 Å². The molecule has 0 aliphatic rings. The number of nitrogens with zero attached hydrogens (tertiary/aromatic N) is 1. The van der Waals surface area contributed by atoms with Crippen LogP contribution in [-0.2, 0) is 4.79 Å². The molecule has 5 nitrogen and oxygen atoms in total. The first-order chi connectivity index (χ1) is 13.3. The lowest BCUT2D eigenvalue weighted by atomic mass is 10.0. The van der Waals surface area contributed by atoms with E-state index in [0.717, 1.165) is 25.7 Å². The van der Waals surface area contributed by atoms with E-state index in [1.807, 2.05) is 27.2 Å². The Kier molecular flexibility index (Phi) is 16.1. The monoisotopic (exact) mass is 398 g/mol. The fourth-order valence-corrected chi connectivity index (χ4v) is 3.20. The number of hydrogen-bond donors (Lipinski definition) is 3. The lowest BCUT2D eigenvalue weighted by Crippen LogP contribution is -2.45. The van der Waals surface area contributed by atoms with Gasteiger partial charge in [-0.05, 0) is 19.3 Å². The predicted octanol–water partition coefficient (Wildman–Crippen LogP) is 4.15. The summed E-state index contributed by atoms with van der Waals surface area (Å²) in [5.41, 5.74) is 0. The largest absolute Gasteiger partial charge is 0.481 e. The molecule has 0 aliphatic carbocycles. The van der Waals surface area contributed by atoms with Gasteiger partial charge >= 0.3 is 5.97 Å². The van der Waals surface area contributed by atoms with E-state index in [1.165, 1.54) is 44.9 Å². The van der Waals surface area contributed by atoms with E-state index >= 15 is 0 Å². The molecule has 0 aliphatic heterocycles. The molecule has 0 saturated heterocycles. The van der Waals surface area contributed by atoms with Gasteiger partial charge in [0.25, 0.3) is 0 Å². The molecule has 28 heavy (non-hydrogen) atoms. The molecule has 0 aromatic rings. The second kappa shape index (κ2) is 16.8. The van der Waals surface area contributed by atoms with Crippen LogP contribution in [0.4, 0.5) is 0 Å². The fourth-order valence-electron chi connectivity index (χ4n) is 3.20. The number of likely N-dealkylation sites (N-methyl/N-ethyl adjacent to an activating group) is 1. The maximum atomic E-state index is 11.4. The maximum Gasteiger partial charge on any atom is 0.313 e. The van der Waals surface area contributed by atoms with Crippen LogP contribution < -0.4 is 0 Å². The molecule has 2 unspecified atom stereocenters. The van der Waals surface area contributed by atoms with Crippen LogP contribution in [0.25, 0.3) is 0 Å². The summed E-state index contributed by atoms with van der Waals surface area (Å²) in [7, 11) is 5.81. The summed E-state index contributed by atoms with van der Waals surface area (Å²) < 4.78 is 0.526. The SMILES string of the molecule is C[N+](C)(C)CC(O)C(C=CC=CCCCCCCCCCCCCO)C(=O)O. The normalized spacial score (nSPS) is 14.8. The molecule has 0 heterocycles. The summed E-state index contributed by atoms with van der Waals surface area (Å²) in [5.74, 6) is -1.86. The zero-order valence-corrected chi connectivity index (χ0v) is 18.4. The fraction of sp³-hybridized carbons (Fsp3) is 0.783. The van der Waals surface area contributed by atoms with Gasteiger partial charge in [-0.15, -0.1) is 0 Å². The first-order valence-electron chi connectivity index (χ1n) is 10.9. The Morgan fingerprint density at radius 3 is 1.82 bits per heavy atom. The van der Waals surface area contributed by atoms with Gasteiger partial charge in [0.1, 0.15) is 18.6 Å². The van der Waals surface area contributed by atoms with Crippen molar-refractivity contribution in [3.05, 3.63) is 24.3 Å². The number of carbonyl (C=O) groups is 1. The van der Waals surface area contributed by atoms with E-state index in [1.54, 1.807) is 12.2 Å². The van der Waals surface area contributed by atoms with Crippen LogP contribution in [0.5, 0.6) is 0 Å². The zero-order chi connectivity index (χ0) is 21.3. The number of allylic oxidation sites excluding steroid dienone is 3. The van der Waals surface area contributed by atoms with Gasteiger partial charge in [0.05, 0.1) is 21.1 Å². The number of carboxylic acid groups (broad SMARTS) is 1. The van der Waals surface area contributed by atoms with E-state index in [4.69, 9.17) is 5.11 Å². The Labute approximate surface area is 172 Å². The van der Waals surface area contributed by atoms with Crippen LogP contribution in [-0.4, -0.2) is 66.2 Å². The molecule has 0 saturated carbocycles. The van der Waals surface area contributed by atoms with Crippen LogP contribution in [0.1, 0.15) is 70.6 Å². The van der Waals surface area contributed by atoms with Crippen molar-refractivity contribution >= 4 is 5.97 Å². The molecule has 5 heteroatoms. The third-order valence-electron chi connectivity index (χ3n) is 4.78. The lowest BCUT2D eigenvalue weighted by molar-refractivity contribution is -0.873. The van der Waals surface area contributed by atoms with Crippen molar-refractivity contribution in [3.63, 3.8) is 0 Å². The van der Waals surface area contributed by atoms with Crippen molar-refractivity contribution in [2.24, 2.45) is 5.92 Å². The first-order valence-corrected chi connectivity index (χ1v) is 10.9. The van der Waals surface area contributed by atoms with E-state index in [-0.39, 0.29) is 0 Å². The van der Waals surface area contributed by atoms with E-state index in [2.05, 4.69) is 6.08 Å². The minimum atomic E-state index is -0.987. The maximum absolute atomic E-state index is 11.4. The van der Waals surface area contributed by atoms with Gasteiger partial charge in [-0.1, -0.05) is 75.7 Å². The van der Waals surface area contributed by atoms with Crippen molar-refractivity contribution in [2.45, 2.75) is 76.7 Å². The summed E-state index contributed by atoms with van der Waals surface area (Å²) in [6.45, 7) is 0.719. The lowest BCUT2D eigenvalue weighted by Gasteiger charge is -2.28. The number of aliphatic hydroxyl groups is 2. The van der Waals surface area contributed by atoms with Crippen LogP contribution in [0.2, 0.25) is 0 Å². The third-order valence-corrected chi connectivity index (χ3v) is 4.78. The molecule has 0 aromatic heterocycles. The summed E-state index contributed by atoms with van der Waals surface area (Å²) in [6, 6.07) is 0. The topological polar surface area (TPSA) is 77.8 Å². The minimum Gasteiger partial charge on any atom is -0.481 e. The Morgan fingerprint density at radius 1 is 0.857 bits per heavy atom. The quantitative estimate of drug-likeness (QED) is 0.184. The molecule has 0 amide bonds. The van der Waals surface area contributed by atoms with E-state index in [0.29, 0.717) is 17.6 Å². The molecule has 0 bridgehead atoms. The zero-order valence-electron chi connectivity index (χ0n) is 18.4. The van der Waals surface area contributed by atoms with Crippen LogP contribution in [0.3, 0.4) is 0 Å². The molecule has 2 atom stereocenters. The van der Waals surface area contributed by atoms with Crippen LogP contribution >= 0.6 is 0 Å². The van der Waals surface area contributed by atoms with E-state index in [9.17, 15) is 15.0 Å². The van der Waals surface area contributed by atoms with Gasteiger partial charge in [0.15, 0.2) is 0 Å².